The van der Waals surface area contributed by atoms with Gasteiger partial charge in [-0.15, -0.1) is 11.8 Å². The van der Waals surface area contributed by atoms with Crippen LogP contribution in [0.15, 0.2) is 29.2 Å². The fourth-order valence-electron chi connectivity index (χ4n) is 1.64. The van der Waals surface area contributed by atoms with Crippen molar-refractivity contribution in [3.05, 3.63) is 29.4 Å². The van der Waals surface area contributed by atoms with E-state index in [2.05, 4.69) is 15.3 Å². The van der Waals surface area contributed by atoms with Gasteiger partial charge in [-0.25, -0.2) is 9.97 Å². The highest BCUT2D eigenvalue weighted by molar-refractivity contribution is 7.98. The highest BCUT2D eigenvalue weighted by Gasteiger charge is 2.13. The first kappa shape index (κ1) is 14.9. The number of aromatic nitrogens is 2. The molecular formula is C13H14ClN3O2S. The Kier molecular flexibility index (Phi) is 5.05. The van der Waals surface area contributed by atoms with E-state index in [0.717, 1.165) is 10.5 Å². The van der Waals surface area contributed by atoms with Crippen molar-refractivity contribution in [2.45, 2.75) is 4.90 Å². The number of nitrogens with zero attached hydrogens (tertiary/aromatic N) is 2. The first-order valence-electron chi connectivity index (χ1n) is 5.91. The molecule has 0 atom stereocenters. The number of halogens is 1. The molecule has 0 saturated carbocycles. The van der Waals surface area contributed by atoms with Crippen LogP contribution < -0.4 is 5.32 Å². The van der Waals surface area contributed by atoms with Gasteiger partial charge >= 0.3 is 0 Å². The van der Waals surface area contributed by atoms with Gasteiger partial charge in [0, 0.05) is 12.1 Å². The van der Waals surface area contributed by atoms with Gasteiger partial charge in [-0.1, -0.05) is 11.6 Å². The average Bonchev–Trinajstić information content (AvgIpc) is 2.45. The Morgan fingerprint density at radius 2 is 1.95 bits per heavy atom. The van der Waals surface area contributed by atoms with E-state index in [1.807, 2.05) is 6.26 Å². The number of aliphatic hydroxyl groups is 1. The zero-order chi connectivity index (χ0) is 14.5. The van der Waals surface area contributed by atoms with Crippen molar-refractivity contribution in [1.29, 1.82) is 0 Å². The number of aromatic hydroxyl groups is 1. The molecule has 7 heteroatoms. The van der Waals surface area contributed by atoms with E-state index in [9.17, 15) is 5.11 Å². The quantitative estimate of drug-likeness (QED) is 0.582. The van der Waals surface area contributed by atoms with Crippen LogP contribution in [0.3, 0.4) is 0 Å². The molecule has 0 aliphatic rings. The largest absolute Gasteiger partial charge is 0.508 e. The van der Waals surface area contributed by atoms with Crippen LogP contribution in [0.25, 0.3) is 11.4 Å². The standard InChI is InChI=1S/C13H14ClN3O2S/c1-20-10-11(14)16-12(17-13(10)15-6-7-18)8-2-4-9(19)5-3-8/h2-5,18-19H,6-7H2,1H3,(H,15,16,17). The summed E-state index contributed by atoms with van der Waals surface area (Å²) in [6, 6.07) is 6.57. The molecule has 0 radical (unpaired) electrons. The Bertz CT molecular complexity index is 593. The summed E-state index contributed by atoms with van der Waals surface area (Å²) in [4.78, 5) is 9.42. The lowest BCUT2D eigenvalue weighted by Gasteiger charge is -2.11. The summed E-state index contributed by atoms with van der Waals surface area (Å²) in [6.07, 6.45) is 1.88. The SMILES string of the molecule is CSc1c(Cl)nc(-c2ccc(O)cc2)nc1NCCO. The van der Waals surface area contributed by atoms with Gasteiger partial charge < -0.3 is 15.5 Å². The summed E-state index contributed by atoms with van der Waals surface area (Å²) >= 11 is 7.61. The molecule has 106 valence electrons. The number of aliphatic hydroxyl groups excluding tert-OH is 1. The summed E-state index contributed by atoms with van der Waals surface area (Å²) < 4.78 is 0. The maximum Gasteiger partial charge on any atom is 0.163 e. The molecule has 0 fully saturated rings. The van der Waals surface area contributed by atoms with Gasteiger partial charge in [0.2, 0.25) is 0 Å². The lowest BCUT2D eigenvalue weighted by atomic mass is 10.2. The van der Waals surface area contributed by atoms with Gasteiger partial charge in [0.05, 0.1) is 11.5 Å². The van der Waals surface area contributed by atoms with E-state index < -0.39 is 0 Å². The second kappa shape index (κ2) is 6.78. The maximum absolute atomic E-state index is 9.30. The van der Waals surface area contributed by atoms with Crippen molar-refractivity contribution in [1.82, 2.24) is 9.97 Å². The Hall–Kier alpha value is -1.50. The first-order valence-corrected chi connectivity index (χ1v) is 7.51. The van der Waals surface area contributed by atoms with Crippen molar-refractivity contribution >= 4 is 29.2 Å². The highest BCUT2D eigenvalue weighted by Crippen LogP contribution is 2.32. The number of benzene rings is 1. The Morgan fingerprint density at radius 3 is 2.55 bits per heavy atom. The third kappa shape index (κ3) is 3.33. The molecule has 1 heterocycles. The average molecular weight is 312 g/mol. The zero-order valence-corrected chi connectivity index (χ0v) is 12.4. The molecule has 3 N–H and O–H groups in total. The van der Waals surface area contributed by atoms with Crippen molar-refractivity contribution in [3.8, 4) is 17.1 Å². The summed E-state index contributed by atoms with van der Waals surface area (Å²) in [5.41, 5.74) is 0.754. The summed E-state index contributed by atoms with van der Waals surface area (Å²) in [7, 11) is 0. The zero-order valence-electron chi connectivity index (χ0n) is 10.8. The minimum atomic E-state index is 0.00395. The maximum atomic E-state index is 9.30. The summed E-state index contributed by atoms with van der Waals surface area (Å²) in [5.74, 6) is 1.24. The van der Waals surface area contributed by atoms with E-state index in [0.29, 0.717) is 23.3 Å². The number of rotatable bonds is 5. The van der Waals surface area contributed by atoms with Gasteiger partial charge in [0.15, 0.2) is 5.82 Å². The molecule has 1 aromatic carbocycles. The summed E-state index contributed by atoms with van der Waals surface area (Å²) in [5, 5.41) is 21.6. The number of hydrogen-bond donors (Lipinski definition) is 3. The molecule has 0 saturated heterocycles. The van der Waals surface area contributed by atoms with Crippen LogP contribution in [0.1, 0.15) is 0 Å². The van der Waals surface area contributed by atoms with Crippen LogP contribution in [-0.4, -0.2) is 39.6 Å². The van der Waals surface area contributed by atoms with Gasteiger partial charge in [-0.2, -0.15) is 0 Å². The van der Waals surface area contributed by atoms with E-state index >= 15 is 0 Å². The molecule has 2 rings (SSSR count). The molecule has 0 unspecified atom stereocenters. The predicted molar refractivity (Wildman–Crippen MR) is 81.5 cm³/mol. The molecule has 2 aromatic rings. The fourth-order valence-corrected chi connectivity index (χ4v) is 2.56. The number of thioether (sulfide) groups is 1. The van der Waals surface area contributed by atoms with Crippen LogP contribution in [-0.2, 0) is 0 Å². The highest BCUT2D eigenvalue weighted by atomic mass is 35.5. The van der Waals surface area contributed by atoms with Crippen molar-refractivity contribution < 1.29 is 10.2 Å². The normalized spacial score (nSPS) is 10.6. The smallest absolute Gasteiger partial charge is 0.163 e. The predicted octanol–water partition coefficient (Wildman–Crippen LogP) is 2.63. The van der Waals surface area contributed by atoms with Gasteiger partial charge in [0.1, 0.15) is 16.7 Å². The number of phenols is 1. The van der Waals surface area contributed by atoms with Gasteiger partial charge in [0.25, 0.3) is 0 Å². The minimum absolute atomic E-state index is 0.00395. The fraction of sp³-hybridized carbons (Fsp3) is 0.231. The van der Waals surface area contributed by atoms with Gasteiger partial charge in [-0.05, 0) is 30.5 Å². The van der Waals surface area contributed by atoms with E-state index in [1.54, 1.807) is 24.3 Å². The van der Waals surface area contributed by atoms with Gasteiger partial charge in [-0.3, -0.25) is 0 Å². The Morgan fingerprint density at radius 1 is 1.25 bits per heavy atom. The van der Waals surface area contributed by atoms with E-state index in [1.165, 1.54) is 11.8 Å². The monoisotopic (exact) mass is 311 g/mol. The third-order valence-electron chi connectivity index (χ3n) is 2.56. The number of hydrogen-bond acceptors (Lipinski definition) is 6. The Labute approximate surface area is 126 Å². The molecule has 1 aromatic heterocycles. The second-order valence-electron chi connectivity index (χ2n) is 3.92. The van der Waals surface area contributed by atoms with Crippen molar-refractivity contribution in [3.63, 3.8) is 0 Å². The molecular weight excluding hydrogens is 298 g/mol. The van der Waals surface area contributed by atoms with E-state index in [4.69, 9.17) is 16.7 Å². The molecule has 20 heavy (non-hydrogen) atoms. The van der Waals surface area contributed by atoms with Crippen molar-refractivity contribution in [2.75, 3.05) is 24.7 Å². The van der Waals surface area contributed by atoms with Crippen molar-refractivity contribution in [2.24, 2.45) is 0 Å². The number of nitrogens with one attached hydrogen (secondary N) is 1. The summed E-state index contributed by atoms with van der Waals surface area (Å²) in [6.45, 7) is 0.389. The minimum Gasteiger partial charge on any atom is -0.508 e. The van der Waals surface area contributed by atoms with E-state index in [-0.39, 0.29) is 12.4 Å². The van der Waals surface area contributed by atoms with Crippen LogP contribution in [0.4, 0.5) is 5.82 Å². The number of phenolic OH excluding ortho intramolecular Hbond substituents is 1. The third-order valence-corrected chi connectivity index (χ3v) is 3.74. The van der Waals surface area contributed by atoms with Crippen LogP contribution >= 0.6 is 23.4 Å². The van der Waals surface area contributed by atoms with Crippen LogP contribution in [0.2, 0.25) is 5.15 Å². The molecule has 0 amide bonds. The number of anilines is 1. The molecule has 5 nitrogen and oxygen atoms in total. The second-order valence-corrected chi connectivity index (χ2v) is 5.09. The lowest BCUT2D eigenvalue weighted by Crippen LogP contribution is -2.09. The lowest BCUT2D eigenvalue weighted by molar-refractivity contribution is 0.311. The first-order chi connectivity index (χ1) is 9.65. The molecule has 0 aliphatic heterocycles. The topological polar surface area (TPSA) is 78.3 Å². The molecule has 0 aliphatic carbocycles. The Balaban J connectivity index is 2.44. The molecule has 0 spiro atoms. The van der Waals surface area contributed by atoms with Crippen LogP contribution in [0.5, 0.6) is 5.75 Å². The van der Waals surface area contributed by atoms with Crippen LogP contribution in [0, 0.1) is 0 Å². The molecule has 0 bridgehead atoms.